The maximum atomic E-state index is 14.3. The van der Waals surface area contributed by atoms with Crippen molar-refractivity contribution in [2.24, 2.45) is 12.0 Å². The second-order valence-electron chi connectivity index (χ2n) is 9.84. The van der Waals surface area contributed by atoms with Crippen molar-refractivity contribution in [1.82, 2.24) is 24.9 Å². The van der Waals surface area contributed by atoms with Gasteiger partial charge < -0.3 is 15.0 Å². The van der Waals surface area contributed by atoms with E-state index in [1.54, 1.807) is 30.1 Å². The number of nitro benzene ring substituents is 1. The highest BCUT2D eigenvalue weighted by atomic mass is 35.5. The molecule has 0 bridgehead atoms. The summed E-state index contributed by atoms with van der Waals surface area (Å²) >= 11 is 6.20. The minimum absolute atomic E-state index is 0.111. The maximum absolute atomic E-state index is 14.3. The number of urea groups is 1. The van der Waals surface area contributed by atoms with Gasteiger partial charge in [0, 0.05) is 37.4 Å². The van der Waals surface area contributed by atoms with E-state index in [0.717, 1.165) is 5.56 Å². The molecule has 1 saturated heterocycles. The van der Waals surface area contributed by atoms with Crippen molar-refractivity contribution in [3.8, 4) is 5.75 Å². The van der Waals surface area contributed by atoms with Crippen LogP contribution in [-0.4, -0.2) is 68.0 Å². The maximum Gasteiger partial charge on any atom is 0.326 e. The summed E-state index contributed by atoms with van der Waals surface area (Å²) in [4.78, 5) is 45.6. The van der Waals surface area contributed by atoms with Crippen LogP contribution in [0, 0.1) is 10.1 Å². The first-order chi connectivity index (χ1) is 19.1. The topological polar surface area (TPSA) is 135 Å². The number of carbonyl (C=O) groups is 2. The van der Waals surface area contributed by atoms with Crippen molar-refractivity contribution in [2.75, 3.05) is 19.6 Å². The number of benzene rings is 2. The Morgan fingerprint density at radius 3 is 2.58 bits per heavy atom. The molecule has 3 heterocycles. The first-order valence-electron chi connectivity index (χ1n) is 12.8. The summed E-state index contributed by atoms with van der Waals surface area (Å²) in [6.07, 6.45) is 1.48. The van der Waals surface area contributed by atoms with Crippen LogP contribution >= 0.6 is 11.6 Å². The van der Waals surface area contributed by atoms with Crippen molar-refractivity contribution in [1.29, 1.82) is 0 Å². The molecule has 1 fully saturated rings. The normalized spacial score (nSPS) is 19.0. The van der Waals surface area contributed by atoms with Gasteiger partial charge in [0.25, 0.3) is 5.69 Å². The van der Waals surface area contributed by atoms with Gasteiger partial charge in [-0.15, -0.1) is 0 Å². The van der Waals surface area contributed by atoms with Crippen LogP contribution in [0.3, 0.4) is 0 Å². The number of hydrogen-bond donors (Lipinski definition) is 1. The number of amidine groups is 1. The predicted molar refractivity (Wildman–Crippen MR) is 147 cm³/mol. The van der Waals surface area contributed by atoms with Gasteiger partial charge in [0.1, 0.15) is 24.2 Å². The minimum Gasteiger partial charge on any atom is -0.490 e. The highest BCUT2D eigenvalue weighted by Gasteiger charge is 2.46. The summed E-state index contributed by atoms with van der Waals surface area (Å²) in [6, 6.07) is 11.5. The number of piperazine rings is 1. The SMILES string of the molecule is CC(C)Oc1cc([N+](=O)[O-])ccc1C1=N[C@@H](c2ccn(C)n2)[C@@H](c2ccc(Cl)cc2)N1C(=O)N1CCNC(=O)C1. The predicted octanol–water partition coefficient (Wildman–Crippen LogP) is 3.87. The molecule has 12 nitrogen and oxygen atoms in total. The van der Waals surface area contributed by atoms with Crippen LogP contribution in [0.5, 0.6) is 5.75 Å². The van der Waals surface area contributed by atoms with Crippen molar-refractivity contribution in [2.45, 2.75) is 32.0 Å². The molecule has 3 aromatic rings. The number of nitrogens with zero attached hydrogens (tertiary/aromatic N) is 6. The van der Waals surface area contributed by atoms with Gasteiger partial charge in [-0.3, -0.25) is 29.5 Å². The zero-order chi connectivity index (χ0) is 28.6. The standard InChI is InChI=1S/C27H28ClN7O5/c1-16(2)40-22-14-19(35(38)39)8-9-20(22)26-30-24(21-10-12-32(3)31-21)25(17-4-6-18(28)7-5-17)34(26)27(37)33-13-11-29-23(36)15-33/h4-10,12,14,16,24-25H,11,13,15H2,1-3H3,(H,29,36)/t24-,25+/m0/s1. The number of non-ortho nitro benzene ring substituents is 1. The number of nitro groups is 1. The minimum atomic E-state index is -0.651. The van der Waals surface area contributed by atoms with Gasteiger partial charge in [0.15, 0.2) is 0 Å². The summed E-state index contributed by atoms with van der Waals surface area (Å²) < 4.78 is 7.66. The van der Waals surface area contributed by atoms with Crippen LogP contribution in [0.4, 0.5) is 10.5 Å². The van der Waals surface area contributed by atoms with E-state index in [0.29, 0.717) is 29.4 Å². The highest BCUT2D eigenvalue weighted by Crippen LogP contribution is 2.45. The number of rotatable bonds is 6. The monoisotopic (exact) mass is 565 g/mol. The van der Waals surface area contributed by atoms with Crippen LogP contribution in [-0.2, 0) is 11.8 Å². The van der Waals surface area contributed by atoms with Crippen LogP contribution in [0.25, 0.3) is 0 Å². The fourth-order valence-corrected chi connectivity index (χ4v) is 5.00. The van der Waals surface area contributed by atoms with Gasteiger partial charge in [-0.05, 0) is 43.7 Å². The summed E-state index contributed by atoms with van der Waals surface area (Å²) in [5.74, 6) is 0.214. The van der Waals surface area contributed by atoms with Gasteiger partial charge in [-0.25, -0.2) is 4.79 Å². The molecule has 1 N–H and O–H groups in total. The van der Waals surface area contributed by atoms with E-state index < -0.39 is 23.0 Å². The van der Waals surface area contributed by atoms with Gasteiger partial charge in [-0.1, -0.05) is 23.7 Å². The third kappa shape index (κ3) is 5.34. The second-order valence-corrected chi connectivity index (χ2v) is 10.3. The molecular weight excluding hydrogens is 538 g/mol. The van der Waals surface area contributed by atoms with Crippen LogP contribution < -0.4 is 10.1 Å². The van der Waals surface area contributed by atoms with Crippen molar-refractivity contribution >= 4 is 35.1 Å². The summed E-state index contributed by atoms with van der Waals surface area (Å²) in [5, 5.41) is 19.4. The number of aryl methyl sites for hydroxylation is 1. The average molecular weight is 566 g/mol. The lowest BCUT2D eigenvalue weighted by atomic mass is 9.97. The molecule has 0 spiro atoms. The van der Waals surface area contributed by atoms with E-state index in [4.69, 9.17) is 21.3 Å². The third-order valence-electron chi connectivity index (χ3n) is 6.61. The molecule has 2 atom stereocenters. The van der Waals surface area contributed by atoms with E-state index in [1.807, 2.05) is 32.0 Å². The molecule has 3 amide bonds. The third-order valence-corrected chi connectivity index (χ3v) is 6.86. The van der Waals surface area contributed by atoms with Crippen LogP contribution in [0.1, 0.15) is 42.8 Å². The Labute approximate surface area is 235 Å². The van der Waals surface area contributed by atoms with E-state index >= 15 is 0 Å². The average Bonchev–Trinajstić information content (AvgIpc) is 3.52. The van der Waals surface area contributed by atoms with Gasteiger partial charge in [-0.2, -0.15) is 5.10 Å². The Bertz CT molecular complexity index is 1490. The molecule has 0 aliphatic carbocycles. The zero-order valence-electron chi connectivity index (χ0n) is 22.2. The van der Waals surface area contributed by atoms with Crippen LogP contribution in [0.2, 0.25) is 5.02 Å². The molecule has 0 unspecified atom stereocenters. The summed E-state index contributed by atoms with van der Waals surface area (Å²) in [6.45, 7) is 4.13. The lowest BCUT2D eigenvalue weighted by molar-refractivity contribution is -0.384. The number of ether oxygens (including phenoxy) is 1. The fourth-order valence-electron chi connectivity index (χ4n) is 4.87. The van der Waals surface area contributed by atoms with Crippen molar-refractivity contribution < 1.29 is 19.2 Å². The number of carbonyl (C=O) groups excluding carboxylic acids is 2. The number of amides is 3. The Kier molecular flexibility index (Phi) is 7.44. The molecule has 2 aliphatic heterocycles. The quantitative estimate of drug-likeness (QED) is 0.356. The molecule has 2 aliphatic rings. The molecule has 208 valence electrons. The van der Waals surface area contributed by atoms with E-state index in [-0.39, 0.29) is 35.8 Å². The van der Waals surface area contributed by atoms with Gasteiger partial charge >= 0.3 is 6.03 Å². The van der Waals surface area contributed by atoms with E-state index in [9.17, 15) is 19.7 Å². The fraction of sp³-hybridized carbons (Fsp3) is 0.333. The Balaban J connectivity index is 1.71. The lowest BCUT2D eigenvalue weighted by Gasteiger charge is -2.35. The largest absolute Gasteiger partial charge is 0.490 e. The first kappa shape index (κ1) is 27.1. The molecular formula is C27H28ClN7O5. The smallest absolute Gasteiger partial charge is 0.326 e. The number of aliphatic imine (C=N–C) groups is 1. The molecule has 40 heavy (non-hydrogen) atoms. The highest BCUT2D eigenvalue weighted by molar-refractivity contribution is 6.30. The molecule has 0 radical (unpaired) electrons. The molecule has 13 heteroatoms. The zero-order valence-corrected chi connectivity index (χ0v) is 22.9. The first-order valence-corrected chi connectivity index (χ1v) is 13.1. The van der Waals surface area contributed by atoms with Crippen LogP contribution in [0.15, 0.2) is 59.7 Å². The number of halogens is 1. The molecule has 0 saturated carbocycles. The second kappa shape index (κ2) is 11.0. The van der Waals surface area contributed by atoms with Crippen molar-refractivity contribution in [3.63, 3.8) is 0 Å². The Morgan fingerprint density at radius 2 is 1.95 bits per heavy atom. The number of nitrogens with one attached hydrogen (secondary N) is 1. The Morgan fingerprint density at radius 1 is 1.20 bits per heavy atom. The Hall–Kier alpha value is -4.45. The number of hydrogen-bond acceptors (Lipinski definition) is 7. The molecule has 1 aromatic heterocycles. The lowest BCUT2D eigenvalue weighted by Crippen LogP contribution is -2.55. The van der Waals surface area contributed by atoms with E-state index in [2.05, 4.69) is 10.4 Å². The van der Waals surface area contributed by atoms with Gasteiger partial charge in [0.2, 0.25) is 5.91 Å². The summed E-state index contributed by atoms with van der Waals surface area (Å²) in [5.41, 5.74) is 1.63. The van der Waals surface area contributed by atoms with Crippen molar-refractivity contribution in [3.05, 3.63) is 86.7 Å². The number of aromatic nitrogens is 2. The van der Waals surface area contributed by atoms with Gasteiger partial charge in [0.05, 0.1) is 34.4 Å². The molecule has 5 rings (SSSR count). The molecule has 2 aromatic carbocycles. The summed E-state index contributed by atoms with van der Waals surface area (Å²) in [7, 11) is 1.79. The van der Waals surface area contributed by atoms with E-state index in [1.165, 1.54) is 28.0 Å².